The fourth-order valence-corrected chi connectivity index (χ4v) is 0.748. The number of hydrogen-bond donors (Lipinski definition) is 2. The van der Waals surface area contributed by atoms with Crippen molar-refractivity contribution in [1.82, 2.24) is 10.8 Å². The molecule has 2 N–H and O–H groups in total. The number of rotatable bonds is 6. The quantitative estimate of drug-likeness (QED) is 0.502. The molecule has 0 heterocycles. The van der Waals surface area contributed by atoms with Crippen LogP contribution >= 0.6 is 0 Å². The molecule has 0 aliphatic carbocycles. The lowest BCUT2D eigenvalue weighted by molar-refractivity contribution is -0.133. The van der Waals surface area contributed by atoms with Crippen molar-refractivity contribution in [3.05, 3.63) is 0 Å². The summed E-state index contributed by atoms with van der Waals surface area (Å²) >= 11 is 0. The molecule has 5 heteroatoms. The number of hydrogen-bond acceptors (Lipinski definition) is 4. The van der Waals surface area contributed by atoms with Crippen LogP contribution < -0.4 is 10.8 Å². The normalized spacial score (nSPS) is 13.7. The predicted molar refractivity (Wildman–Crippen MR) is 58.3 cm³/mol. The zero-order valence-electron chi connectivity index (χ0n) is 10.2. The highest BCUT2D eigenvalue weighted by atomic mass is 16.7. The second-order valence-electron chi connectivity index (χ2n) is 4.34. The third-order valence-corrected chi connectivity index (χ3v) is 1.54. The third kappa shape index (κ3) is 8.35. The Hall–Kier alpha value is -0.650. The number of methoxy groups -OCH3 is 1. The van der Waals surface area contributed by atoms with Crippen molar-refractivity contribution in [3.8, 4) is 0 Å². The van der Waals surface area contributed by atoms with Gasteiger partial charge in [0.1, 0.15) is 6.04 Å². The fraction of sp³-hybridized carbons (Fsp3) is 0.900. The first-order valence-corrected chi connectivity index (χ1v) is 5.07. The maximum atomic E-state index is 11.4. The van der Waals surface area contributed by atoms with E-state index < -0.39 is 0 Å². The van der Waals surface area contributed by atoms with E-state index in [0.717, 1.165) is 0 Å². The molecule has 0 radical (unpaired) electrons. The molecule has 0 spiro atoms. The summed E-state index contributed by atoms with van der Waals surface area (Å²) in [6.07, 6.45) is 0. The van der Waals surface area contributed by atoms with Gasteiger partial charge >= 0.3 is 0 Å². The van der Waals surface area contributed by atoms with E-state index in [1.54, 1.807) is 14.0 Å². The highest BCUT2D eigenvalue weighted by Crippen LogP contribution is 2.04. The third-order valence-electron chi connectivity index (χ3n) is 1.54. The van der Waals surface area contributed by atoms with Crippen molar-refractivity contribution >= 4 is 5.91 Å². The molecule has 0 aromatic carbocycles. The van der Waals surface area contributed by atoms with Gasteiger partial charge in [-0.1, -0.05) is 0 Å². The van der Waals surface area contributed by atoms with Crippen molar-refractivity contribution in [2.45, 2.75) is 39.3 Å². The van der Waals surface area contributed by atoms with Gasteiger partial charge in [0, 0.05) is 13.7 Å². The van der Waals surface area contributed by atoms with Gasteiger partial charge in [0.2, 0.25) is 5.91 Å². The van der Waals surface area contributed by atoms with Crippen LogP contribution in [0.1, 0.15) is 27.7 Å². The van der Waals surface area contributed by atoms with Crippen LogP contribution in [0.3, 0.4) is 0 Å². The molecule has 0 saturated heterocycles. The Morgan fingerprint density at radius 3 is 2.47 bits per heavy atom. The zero-order chi connectivity index (χ0) is 11.9. The molecule has 0 saturated carbocycles. The summed E-state index contributed by atoms with van der Waals surface area (Å²) in [4.78, 5) is 16.7. The van der Waals surface area contributed by atoms with Gasteiger partial charge in [0.15, 0.2) is 0 Å². The van der Waals surface area contributed by atoms with E-state index in [0.29, 0.717) is 13.2 Å². The monoisotopic (exact) mass is 218 g/mol. The van der Waals surface area contributed by atoms with Gasteiger partial charge in [-0.05, 0) is 27.7 Å². The lowest BCUT2D eigenvalue weighted by atomic mass is 10.2. The second kappa shape index (κ2) is 6.76. The van der Waals surface area contributed by atoms with Crippen LogP contribution in [0.5, 0.6) is 0 Å². The molecule has 0 aliphatic rings. The minimum absolute atomic E-state index is 0.101. The molecular formula is C10H22N2O3. The van der Waals surface area contributed by atoms with E-state index in [-0.39, 0.29) is 17.6 Å². The Balaban J connectivity index is 3.70. The summed E-state index contributed by atoms with van der Waals surface area (Å²) < 4.78 is 4.82. The number of ether oxygens (including phenoxy) is 1. The molecule has 0 aromatic heterocycles. The highest BCUT2D eigenvalue weighted by molar-refractivity contribution is 5.81. The van der Waals surface area contributed by atoms with Crippen LogP contribution in [-0.2, 0) is 14.4 Å². The van der Waals surface area contributed by atoms with Crippen molar-refractivity contribution in [2.24, 2.45) is 0 Å². The maximum Gasteiger partial charge on any atom is 0.239 e. The van der Waals surface area contributed by atoms with E-state index in [9.17, 15) is 4.79 Å². The standard InChI is InChI=1S/C10H22N2O3/c1-8(12-15-10(2,3)4)9(13)11-6-7-14-5/h8,12H,6-7H2,1-5H3,(H,11,13). The molecule has 0 aromatic rings. The van der Waals surface area contributed by atoms with E-state index in [1.807, 2.05) is 20.8 Å². The summed E-state index contributed by atoms with van der Waals surface area (Å²) in [5.74, 6) is -0.101. The predicted octanol–water partition coefficient (Wildman–Crippen LogP) is 0.457. The Labute approximate surface area is 91.5 Å². The van der Waals surface area contributed by atoms with Crippen molar-refractivity contribution in [2.75, 3.05) is 20.3 Å². The fourth-order valence-electron chi connectivity index (χ4n) is 0.748. The molecular weight excluding hydrogens is 196 g/mol. The number of amides is 1. The highest BCUT2D eigenvalue weighted by Gasteiger charge is 2.16. The molecule has 15 heavy (non-hydrogen) atoms. The van der Waals surface area contributed by atoms with Crippen LogP contribution in [0, 0.1) is 0 Å². The van der Waals surface area contributed by atoms with Gasteiger partial charge in [0.05, 0.1) is 12.2 Å². The molecule has 90 valence electrons. The van der Waals surface area contributed by atoms with Gasteiger partial charge < -0.3 is 10.1 Å². The van der Waals surface area contributed by atoms with Gasteiger partial charge in [-0.3, -0.25) is 9.63 Å². The first-order valence-electron chi connectivity index (χ1n) is 5.07. The molecule has 0 bridgehead atoms. The van der Waals surface area contributed by atoms with Gasteiger partial charge in [-0.15, -0.1) is 0 Å². The second-order valence-corrected chi connectivity index (χ2v) is 4.34. The van der Waals surface area contributed by atoms with Gasteiger partial charge in [-0.25, -0.2) is 0 Å². The lowest BCUT2D eigenvalue weighted by Crippen LogP contribution is -2.45. The largest absolute Gasteiger partial charge is 0.383 e. The molecule has 0 rings (SSSR count). The van der Waals surface area contributed by atoms with E-state index in [2.05, 4.69) is 10.8 Å². The SMILES string of the molecule is COCCNC(=O)C(C)NOC(C)(C)C. The summed E-state index contributed by atoms with van der Waals surface area (Å²) in [6, 6.07) is -0.374. The van der Waals surface area contributed by atoms with Crippen LogP contribution in [0.25, 0.3) is 0 Å². The Morgan fingerprint density at radius 1 is 1.40 bits per heavy atom. The minimum Gasteiger partial charge on any atom is -0.383 e. The molecule has 0 fully saturated rings. The lowest BCUT2D eigenvalue weighted by Gasteiger charge is -2.22. The smallest absolute Gasteiger partial charge is 0.239 e. The van der Waals surface area contributed by atoms with Gasteiger partial charge in [0.25, 0.3) is 0 Å². The average Bonchev–Trinajstić information content (AvgIpc) is 2.13. The Bertz CT molecular complexity index is 190. The Kier molecular flexibility index (Phi) is 6.47. The molecule has 1 amide bonds. The first kappa shape index (κ1) is 14.3. The molecule has 1 atom stereocenters. The molecule has 1 unspecified atom stereocenters. The zero-order valence-corrected chi connectivity index (χ0v) is 10.2. The summed E-state index contributed by atoms with van der Waals surface area (Å²) in [7, 11) is 1.59. The number of hydroxylamine groups is 1. The summed E-state index contributed by atoms with van der Waals surface area (Å²) in [5.41, 5.74) is 2.39. The van der Waals surface area contributed by atoms with Gasteiger partial charge in [-0.2, -0.15) is 5.48 Å². The number of carbonyl (C=O) groups excluding carboxylic acids is 1. The van der Waals surface area contributed by atoms with E-state index in [1.165, 1.54) is 0 Å². The van der Waals surface area contributed by atoms with Crippen LogP contribution in [0.4, 0.5) is 0 Å². The molecule has 5 nitrogen and oxygen atoms in total. The van der Waals surface area contributed by atoms with Crippen molar-refractivity contribution in [1.29, 1.82) is 0 Å². The summed E-state index contributed by atoms with van der Waals surface area (Å²) in [5, 5.41) is 2.71. The van der Waals surface area contributed by atoms with E-state index >= 15 is 0 Å². The Morgan fingerprint density at radius 2 is 2.00 bits per heavy atom. The number of nitrogens with one attached hydrogen (secondary N) is 2. The average molecular weight is 218 g/mol. The van der Waals surface area contributed by atoms with Crippen molar-refractivity contribution < 1.29 is 14.4 Å². The topological polar surface area (TPSA) is 59.6 Å². The van der Waals surface area contributed by atoms with Crippen LogP contribution in [0.2, 0.25) is 0 Å². The van der Waals surface area contributed by atoms with Crippen molar-refractivity contribution in [3.63, 3.8) is 0 Å². The van der Waals surface area contributed by atoms with E-state index in [4.69, 9.17) is 9.57 Å². The maximum absolute atomic E-state index is 11.4. The van der Waals surface area contributed by atoms with Crippen LogP contribution in [0.15, 0.2) is 0 Å². The number of carbonyl (C=O) groups is 1. The van der Waals surface area contributed by atoms with Crippen LogP contribution in [-0.4, -0.2) is 37.8 Å². The summed E-state index contributed by atoms with van der Waals surface area (Å²) in [6.45, 7) is 8.50. The molecule has 0 aliphatic heterocycles. The first-order chi connectivity index (χ1) is 6.87. The minimum atomic E-state index is -0.374.